The summed E-state index contributed by atoms with van der Waals surface area (Å²) in [5.74, 6) is 1.04. The summed E-state index contributed by atoms with van der Waals surface area (Å²) in [7, 11) is -3.79. The molecule has 3 aliphatic rings. The van der Waals surface area contributed by atoms with E-state index in [-0.39, 0.29) is 17.4 Å². The maximum absolute atomic E-state index is 14.6. The molecule has 3 fully saturated rings. The molecule has 3 aliphatic carbocycles. The largest absolute Gasteiger partial charge is 0.393 e. The quantitative estimate of drug-likeness (QED) is 0.517. The molecule has 0 radical (unpaired) electrons. The van der Waals surface area contributed by atoms with Gasteiger partial charge in [-0.3, -0.25) is 0 Å². The van der Waals surface area contributed by atoms with Gasteiger partial charge in [0.25, 0.3) is 0 Å². The van der Waals surface area contributed by atoms with Crippen molar-refractivity contribution in [3.63, 3.8) is 0 Å². The van der Waals surface area contributed by atoms with Crippen LogP contribution >= 0.6 is 0 Å². The molecule has 0 spiro atoms. The number of fused-ring (bicyclic) bond motifs is 1. The number of aliphatic hydroxyl groups is 1. The highest BCUT2D eigenvalue weighted by molar-refractivity contribution is 7.92. The van der Waals surface area contributed by atoms with Gasteiger partial charge in [-0.25, -0.2) is 12.8 Å². The topological polar surface area (TPSA) is 54.4 Å². The Labute approximate surface area is 188 Å². The van der Waals surface area contributed by atoms with Crippen LogP contribution < -0.4 is 0 Å². The fourth-order valence-corrected chi connectivity index (χ4v) is 6.45. The van der Waals surface area contributed by atoms with Crippen LogP contribution in [0.25, 0.3) is 0 Å². The Morgan fingerprint density at radius 2 is 1.97 bits per heavy atom. The zero-order valence-electron chi connectivity index (χ0n) is 19.5. The van der Waals surface area contributed by atoms with Crippen LogP contribution in [0.1, 0.15) is 72.1 Å². The van der Waals surface area contributed by atoms with Gasteiger partial charge >= 0.3 is 0 Å². The van der Waals surface area contributed by atoms with E-state index >= 15 is 0 Å². The van der Waals surface area contributed by atoms with Gasteiger partial charge in [-0.2, -0.15) is 0 Å². The molecule has 1 N–H and O–H groups in total. The molecule has 3 nitrogen and oxygen atoms in total. The molecular weight excluding hydrogens is 411 g/mol. The summed E-state index contributed by atoms with van der Waals surface area (Å²) in [5, 5.41) is 7.68. The van der Waals surface area contributed by atoms with Crippen molar-refractivity contribution in [3.8, 4) is 0 Å². The lowest BCUT2D eigenvalue weighted by molar-refractivity contribution is 0.112. The van der Waals surface area contributed by atoms with Crippen LogP contribution in [0.2, 0.25) is 0 Å². The summed E-state index contributed by atoms with van der Waals surface area (Å²) in [6.07, 6.45) is 16.1. The Bertz CT molecular complexity index is 896. The number of rotatable bonds is 5. The van der Waals surface area contributed by atoms with Crippen molar-refractivity contribution < 1.29 is 17.9 Å². The number of hydrogen-bond donors (Lipinski definition) is 1. The molecule has 0 aliphatic heterocycles. The van der Waals surface area contributed by atoms with Gasteiger partial charge in [0.15, 0.2) is 9.84 Å². The van der Waals surface area contributed by atoms with Crippen LogP contribution in [0.15, 0.2) is 47.6 Å². The van der Waals surface area contributed by atoms with Gasteiger partial charge in [-0.05, 0) is 93.1 Å². The maximum Gasteiger partial charge on any atom is 0.225 e. The average Bonchev–Trinajstić information content (AvgIpc) is 3.03. The molecule has 0 saturated heterocycles. The van der Waals surface area contributed by atoms with E-state index in [1.807, 2.05) is 0 Å². The minimum Gasteiger partial charge on any atom is -0.393 e. The Hall–Kier alpha value is -1.20. The predicted molar refractivity (Wildman–Crippen MR) is 126 cm³/mol. The smallest absolute Gasteiger partial charge is 0.225 e. The molecular formula is C26H39FO3S. The van der Waals surface area contributed by atoms with Crippen LogP contribution in [-0.4, -0.2) is 30.9 Å². The fourth-order valence-electron chi connectivity index (χ4n) is 6.12. The first-order chi connectivity index (χ1) is 14.3. The molecule has 3 saturated carbocycles. The van der Waals surface area contributed by atoms with Crippen molar-refractivity contribution in [1.29, 1.82) is 0 Å². The number of halogens is 1. The zero-order valence-corrected chi connectivity index (χ0v) is 20.3. The summed E-state index contributed by atoms with van der Waals surface area (Å²) in [5.41, 5.74) is 3.95. The van der Waals surface area contributed by atoms with Crippen molar-refractivity contribution >= 4 is 9.84 Å². The van der Waals surface area contributed by atoms with E-state index in [1.165, 1.54) is 17.2 Å². The lowest BCUT2D eigenvalue weighted by Gasteiger charge is -2.44. The molecule has 5 heteroatoms. The van der Waals surface area contributed by atoms with Crippen LogP contribution in [0.3, 0.4) is 0 Å². The highest BCUT2D eigenvalue weighted by atomic mass is 32.2. The highest BCUT2D eigenvalue weighted by Crippen LogP contribution is 2.59. The molecule has 0 aromatic carbocycles. The van der Waals surface area contributed by atoms with Crippen molar-refractivity contribution in [2.75, 3.05) is 6.26 Å². The molecule has 0 bridgehead atoms. The molecule has 0 amide bonds. The van der Waals surface area contributed by atoms with E-state index in [4.69, 9.17) is 0 Å². The third kappa shape index (κ3) is 5.08. The van der Waals surface area contributed by atoms with Gasteiger partial charge in [0.2, 0.25) is 5.00 Å². The highest BCUT2D eigenvalue weighted by Gasteiger charge is 2.50. The second-order valence-electron chi connectivity index (χ2n) is 10.5. The Morgan fingerprint density at radius 3 is 2.65 bits per heavy atom. The lowest BCUT2D eigenvalue weighted by atomic mass is 9.61. The lowest BCUT2D eigenvalue weighted by Crippen LogP contribution is -2.35. The van der Waals surface area contributed by atoms with Crippen molar-refractivity contribution in [3.05, 3.63) is 47.6 Å². The van der Waals surface area contributed by atoms with E-state index in [1.54, 1.807) is 6.08 Å². The standard InChI is InChI=1S/C26H39FO3S/c1-18-8-11-22(28)17-21(18)10-9-20-7-6-15-25(3)23(12-13-24(20)25)19(2)14-16-26(4,27)31(5,29)30/h9-10,14,16,19,22-24,28H,1,6-8,11-13,15,17H2,2-5H3/b16-14+,20-9+,21-10-/t19?,22?,23?,24-,25+,26?/m0/s1. The molecule has 174 valence electrons. The first-order valence-corrected chi connectivity index (χ1v) is 13.6. The number of alkyl halides is 1. The average molecular weight is 451 g/mol. The van der Waals surface area contributed by atoms with E-state index in [0.717, 1.165) is 63.7 Å². The first kappa shape index (κ1) is 24.4. The number of aliphatic hydroxyl groups excluding tert-OH is 1. The predicted octanol–water partition coefficient (Wildman–Crippen LogP) is 6.08. The number of allylic oxidation sites excluding steroid dienone is 5. The number of sulfone groups is 1. The molecule has 31 heavy (non-hydrogen) atoms. The Morgan fingerprint density at radius 1 is 1.26 bits per heavy atom. The van der Waals surface area contributed by atoms with E-state index in [0.29, 0.717) is 18.3 Å². The third-order valence-electron chi connectivity index (χ3n) is 8.28. The second-order valence-corrected chi connectivity index (χ2v) is 12.8. The maximum atomic E-state index is 14.6. The van der Waals surface area contributed by atoms with Crippen LogP contribution in [0, 0.1) is 23.2 Å². The SMILES string of the molecule is C=C1CCC(O)C/C1=C/C=C1\CCC[C@]2(C)C(C(C)/C=C/C(C)(F)S(C)(=O)=O)CC[C@@H]12. The molecule has 3 rings (SSSR count). The monoisotopic (exact) mass is 450 g/mol. The molecule has 0 aromatic rings. The van der Waals surface area contributed by atoms with Gasteiger partial charge in [-0.15, -0.1) is 0 Å². The summed E-state index contributed by atoms with van der Waals surface area (Å²) >= 11 is 0. The molecule has 4 unspecified atom stereocenters. The third-order valence-corrected chi connectivity index (χ3v) is 9.87. The van der Waals surface area contributed by atoms with Crippen molar-refractivity contribution in [1.82, 2.24) is 0 Å². The summed E-state index contributed by atoms with van der Waals surface area (Å²) in [6, 6.07) is 0. The molecule has 0 aromatic heterocycles. The van der Waals surface area contributed by atoms with E-state index in [9.17, 15) is 17.9 Å². The first-order valence-electron chi connectivity index (χ1n) is 11.7. The van der Waals surface area contributed by atoms with Gasteiger partial charge in [0.05, 0.1) is 6.10 Å². The molecule has 6 atom stereocenters. The second kappa shape index (κ2) is 8.97. The van der Waals surface area contributed by atoms with Gasteiger partial charge < -0.3 is 5.11 Å². The molecule has 0 heterocycles. The van der Waals surface area contributed by atoms with Gasteiger partial charge in [0.1, 0.15) is 0 Å². The number of hydrogen-bond acceptors (Lipinski definition) is 3. The zero-order chi connectivity index (χ0) is 23.0. The summed E-state index contributed by atoms with van der Waals surface area (Å²) in [6.45, 7) is 9.76. The fraction of sp³-hybridized carbons (Fsp3) is 0.692. The van der Waals surface area contributed by atoms with Gasteiger partial charge in [-0.1, -0.05) is 49.8 Å². The normalized spacial score (nSPS) is 37.9. The van der Waals surface area contributed by atoms with E-state index in [2.05, 4.69) is 32.6 Å². The summed E-state index contributed by atoms with van der Waals surface area (Å²) in [4.78, 5) is 0. The Kier molecular flexibility index (Phi) is 7.08. The minimum absolute atomic E-state index is 0.123. The van der Waals surface area contributed by atoms with Crippen LogP contribution in [0.4, 0.5) is 4.39 Å². The summed E-state index contributed by atoms with van der Waals surface area (Å²) < 4.78 is 38.0. The van der Waals surface area contributed by atoms with Crippen LogP contribution in [0.5, 0.6) is 0 Å². The van der Waals surface area contributed by atoms with E-state index < -0.39 is 14.8 Å². The van der Waals surface area contributed by atoms with Crippen molar-refractivity contribution in [2.24, 2.45) is 23.2 Å². The minimum atomic E-state index is -3.79. The van der Waals surface area contributed by atoms with Crippen molar-refractivity contribution in [2.45, 2.75) is 83.2 Å². The Balaban J connectivity index is 1.78. The van der Waals surface area contributed by atoms with Crippen LogP contribution in [-0.2, 0) is 9.84 Å². The van der Waals surface area contributed by atoms with Gasteiger partial charge in [0, 0.05) is 6.26 Å².